The Hall–Kier alpha value is -1.99. The van der Waals surface area contributed by atoms with Crippen LogP contribution in [0.5, 0.6) is 11.5 Å². The third kappa shape index (κ3) is 5.51. The molecule has 2 rings (SSSR count). The van der Waals surface area contributed by atoms with E-state index in [0.717, 1.165) is 5.56 Å². The van der Waals surface area contributed by atoms with Gasteiger partial charge in [0.05, 0.1) is 20.1 Å². The molecule has 8 heteroatoms. The van der Waals surface area contributed by atoms with Gasteiger partial charge in [-0.2, -0.15) is 0 Å². The number of methoxy groups -OCH3 is 2. The number of hydrogen-bond acceptors (Lipinski definition) is 5. The van der Waals surface area contributed by atoms with Crippen molar-refractivity contribution in [1.82, 2.24) is 10.2 Å². The van der Waals surface area contributed by atoms with Gasteiger partial charge in [0, 0.05) is 32.6 Å². The van der Waals surface area contributed by atoms with Crippen molar-refractivity contribution in [2.24, 2.45) is 11.7 Å². The Morgan fingerprint density at radius 3 is 2.68 bits per heavy atom. The predicted octanol–water partition coefficient (Wildman–Crippen LogP) is 0.591. The zero-order valence-electron chi connectivity index (χ0n) is 14.6. The average Bonchev–Trinajstić information content (AvgIpc) is 2.98. The normalized spacial score (nSPS) is 16.4. The van der Waals surface area contributed by atoms with Crippen molar-refractivity contribution >= 4 is 24.2 Å². The second-order valence-corrected chi connectivity index (χ2v) is 5.76. The second-order valence-electron chi connectivity index (χ2n) is 5.76. The molecule has 0 spiro atoms. The third-order valence-electron chi connectivity index (χ3n) is 4.15. The molecule has 1 aromatic carbocycles. The minimum atomic E-state index is -0.283. The van der Waals surface area contributed by atoms with E-state index >= 15 is 0 Å². The fourth-order valence-corrected chi connectivity index (χ4v) is 2.80. The molecule has 140 valence electrons. The van der Waals surface area contributed by atoms with Crippen molar-refractivity contribution in [3.8, 4) is 11.5 Å². The number of hydrogen-bond donors (Lipinski definition) is 2. The molecular formula is C17H26ClN3O4. The summed E-state index contributed by atoms with van der Waals surface area (Å²) in [7, 11) is 3.19. The maximum absolute atomic E-state index is 12.1. The molecule has 1 heterocycles. The van der Waals surface area contributed by atoms with Crippen LogP contribution in [-0.4, -0.2) is 57.1 Å². The van der Waals surface area contributed by atoms with E-state index in [0.29, 0.717) is 44.1 Å². The quantitative estimate of drug-likeness (QED) is 0.697. The SMILES string of the molecule is COc1ccc(CCN2CC(C(=O)NCCN)CC2=O)cc1OC.Cl. The van der Waals surface area contributed by atoms with E-state index in [1.807, 2.05) is 18.2 Å². The monoisotopic (exact) mass is 371 g/mol. The summed E-state index contributed by atoms with van der Waals surface area (Å²) in [5.41, 5.74) is 6.43. The van der Waals surface area contributed by atoms with Gasteiger partial charge in [-0.3, -0.25) is 9.59 Å². The summed E-state index contributed by atoms with van der Waals surface area (Å²) in [4.78, 5) is 25.8. The molecule has 1 aliphatic heterocycles. The lowest BCUT2D eigenvalue weighted by molar-refractivity contribution is -0.129. The van der Waals surface area contributed by atoms with Gasteiger partial charge in [-0.05, 0) is 24.1 Å². The number of amides is 2. The highest BCUT2D eigenvalue weighted by Crippen LogP contribution is 2.28. The number of nitrogens with one attached hydrogen (secondary N) is 1. The summed E-state index contributed by atoms with van der Waals surface area (Å²) in [6, 6.07) is 5.71. The molecule has 2 amide bonds. The van der Waals surface area contributed by atoms with Gasteiger partial charge in [-0.1, -0.05) is 6.07 Å². The predicted molar refractivity (Wildman–Crippen MR) is 97.2 cm³/mol. The number of nitrogens with zero attached hydrogens (tertiary/aromatic N) is 1. The molecule has 1 atom stereocenters. The first-order chi connectivity index (χ1) is 11.6. The number of carbonyl (C=O) groups is 2. The standard InChI is InChI=1S/C17H25N3O4.ClH/c1-23-14-4-3-12(9-15(14)24-2)5-8-20-11-13(10-16(20)21)17(22)19-7-6-18;/h3-4,9,13H,5-8,10-11,18H2,1-2H3,(H,19,22);1H. The van der Waals surface area contributed by atoms with Gasteiger partial charge in [0.1, 0.15) is 0 Å². The summed E-state index contributed by atoms with van der Waals surface area (Å²) < 4.78 is 10.5. The Labute approximate surface area is 154 Å². The maximum atomic E-state index is 12.1. The summed E-state index contributed by atoms with van der Waals surface area (Å²) >= 11 is 0. The van der Waals surface area contributed by atoms with Crippen LogP contribution in [0, 0.1) is 5.92 Å². The van der Waals surface area contributed by atoms with E-state index in [4.69, 9.17) is 15.2 Å². The van der Waals surface area contributed by atoms with Gasteiger partial charge in [0.2, 0.25) is 11.8 Å². The Bertz CT molecular complexity index is 597. The van der Waals surface area contributed by atoms with E-state index in [9.17, 15) is 9.59 Å². The van der Waals surface area contributed by atoms with E-state index in [1.54, 1.807) is 19.1 Å². The number of ether oxygens (including phenoxy) is 2. The van der Waals surface area contributed by atoms with Crippen LogP contribution in [0.4, 0.5) is 0 Å². The number of carbonyl (C=O) groups excluding carboxylic acids is 2. The number of benzene rings is 1. The van der Waals surface area contributed by atoms with Gasteiger partial charge in [0.15, 0.2) is 11.5 Å². The number of likely N-dealkylation sites (tertiary alicyclic amines) is 1. The third-order valence-corrected chi connectivity index (χ3v) is 4.15. The minimum absolute atomic E-state index is 0. The molecule has 1 aromatic rings. The highest BCUT2D eigenvalue weighted by molar-refractivity contribution is 5.89. The molecule has 0 aliphatic carbocycles. The Morgan fingerprint density at radius 1 is 1.32 bits per heavy atom. The molecule has 0 saturated carbocycles. The topological polar surface area (TPSA) is 93.9 Å². The fourth-order valence-electron chi connectivity index (χ4n) is 2.80. The highest BCUT2D eigenvalue weighted by atomic mass is 35.5. The van der Waals surface area contributed by atoms with Gasteiger partial charge >= 0.3 is 0 Å². The highest BCUT2D eigenvalue weighted by Gasteiger charge is 2.33. The minimum Gasteiger partial charge on any atom is -0.493 e. The van der Waals surface area contributed by atoms with Crippen molar-refractivity contribution in [2.45, 2.75) is 12.8 Å². The van der Waals surface area contributed by atoms with E-state index in [-0.39, 0.29) is 36.6 Å². The van der Waals surface area contributed by atoms with Gasteiger partial charge < -0.3 is 25.4 Å². The molecule has 0 aromatic heterocycles. The molecule has 7 nitrogen and oxygen atoms in total. The molecule has 25 heavy (non-hydrogen) atoms. The van der Waals surface area contributed by atoms with E-state index in [2.05, 4.69) is 5.32 Å². The fraction of sp³-hybridized carbons (Fsp3) is 0.529. The average molecular weight is 372 g/mol. The molecular weight excluding hydrogens is 346 g/mol. The molecule has 0 radical (unpaired) electrons. The lowest BCUT2D eigenvalue weighted by Gasteiger charge is -2.17. The lowest BCUT2D eigenvalue weighted by atomic mass is 10.1. The van der Waals surface area contributed by atoms with E-state index in [1.165, 1.54) is 0 Å². The van der Waals surface area contributed by atoms with Crippen LogP contribution in [0.1, 0.15) is 12.0 Å². The Kier molecular flexibility index (Phi) is 8.51. The van der Waals surface area contributed by atoms with Crippen molar-refractivity contribution in [3.63, 3.8) is 0 Å². The summed E-state index contributed by atoms with van der Waals surface area (Å²) in [6.45, 7) is 1.88. The smallest absolute Gasteiger partial charge is 0.225 e. The van der Waals surface area contributed by atoms with Gasteiger partial charge in [-0.25, -0.2) is 0 Å². The number of rotatable bonds is 8. The first kappa shape index (κ1) is 21.1. The van der Waals surface area contributed by atoms with Crippen molar-refractivity contribution < 1.29 is 19.1 Å². The van der Waals surface area contributed by atoms with Crippen molar-refractivity contribution in [2.75, 3.05) is 40.4 Å². The Balaban J connectivity index is 0.00000312. The molecule has 1 fully saturated rings. The number of halogens is 1. The second kappa shape index (κ2) is 10.1. The molecule has 3 N–H and O–H groups in total. The van der Waals surface area contributed by atoms with Crippen LogP contribution < -0.4 is 20.5 Å². The largest absolute Gasteiger partial charge is 0.493 e. The summed E-state index contributed by atoms with van der Waals surface area (Å²) in [6.07, 6.45) is 0.964. The van der Waals surface area contributed by atoms with Crippen LogP contribution >= 0.6 is 12.4 Å². The molecule has 1 aliphatic rings. The van der Waals surface area contributed by atoms with Crippen LogP contribution in [0.15, 0.2) is 18.2 Å². The summed E-state index contributed by atoms with van der Waals surface area (Å²) in [5, 5.41) is 2.74. The van der Waals surface area contributed by atoms with E-state index < -0.39 is 0 Å². The molecule has 1 saturated heterocycles. The van der Waals surface area contributed by atoms with Crippen LogP contribution in [0.25, 0.3) is 0 Å². The molecule has 1 unspecified atom stereocenters. The van der Waals surface area contributed by atoms with Gasteiger partial charge in [0.25, 0.3) is 0 Å². The van der Waals surface area contributed by atoms with Crippen molar-refractivity contribution in [3.05, 3.63) is 23.8 Å². The lowest BCUT2D eigenvalue weighted by Crippen LogP contribution is -2.36. The van der Waals surface area contributed by atoms with Crippen LogP contribution in [0.3, 0.4) is 0 Å². The van der Waals surface area contributed by atoms with Crippen LogP contribution in [0.2, 0.25) is 0 Å². The van der Waals surface area contributed by atoms with Crippen molar-refractivity contribution in [1.29, 1.82) is 0 Å². The maximum Gasteiger partial charge on any atom is 0.225 e. The Morgan fingerprint density at radius 2 is 2.04 bits per heavy atom. The summed E-state index contributed by atoms with van der Waals surface area (Å²) in [5.74, 6) is 0.983. The number of nitrogens with two attached hydrogens (primary N) is 1. The van der Waals surface area contributed by atoms with Crippen LogP contribution in [-0.2, 0) is 16.0 Å². The van der Waals surface area contributed by atoms with Gasteiger partial charge in [-0.15, -0.1) is 12.4 Å². The first-order valence-electron chi connectivity index (χ1n) is 8.05. The first-order valence-corrected chi connectivity index (χ1v) is 8.05. The zero-order valence-corrected chi connectivity index (χ0v) is 15.4. The molecule has 0 bridgehead atoms. The zero-order chi connectivity index (χ0) is 17.5.